The SMILES string of the molecule is CCOc1ccccc1OCC(=O)N[C@H]1CCCc2ccccc21. The first-order valence-electron chi connectivity index (χ1n) is 8.49. The molecule has 0 fully saturated rings. The van der Waals surface area contributed by atoms with Gasteiger partial charge in [0.1, 0.15) is 0 Å². The molecule has 0 heterocycles. The fraction of sp³-hybridized carbons (Fsp3) is 0.350. The van der Waals surface area contributed by atoms with E-state index < -0.39 is 0 Å². The minimum absolute atomic E-state index is 0.0112. The molecule has 2 aromatic rings. The lowest BCUT2D eigenvalue weighted by atomic mass is 9.88. The molecule has 4 nitrogen and oxygen atoms in total. The number of nitrogens with one attached hydrogen (secondary N) is 1. The second kappa shape index (κ2) is 7.86. The van der Waals surface area contributed by atoms with Crippen LogP contribution in [0.25, 0.3) is 0 Å². The number of amides is 1. The summed E-state index contributed by atoms with van der Waals surface area (Å²) in [6.45, 7) is 2.47. The van der Waals surface area contributed by atoms with Crippen molar-refractivity contribution in [3.05, 3.63) is 59.7 Å². The van der Waals surface area contributed by atoms with Gasteiger partial charge >= 0.3 is 0 Å². The molecule has 0 saturated heterocycles. The number of benzene rings is 2. The van der Waals surface area contributed by atoms with Crippen LogP contribution in [0.1, 0.15) is 36.9 Å². The highest BCUT2D eigenvalue weighted by Gasteiger charge is 2.21. The van der Waals surface area contributed by atoms with Crippen LogP contribution in [0.5, 0.6) is 11.5 Å². The second-order valence-corrected chi connectivity index (χ2v) is 5.88. The van der Waals surface area contributed by atoms with E-state index in [0.717, 1.165) is 19.3 Å². The van der Waals surface area contributed by atoms with E-state index >= 15 is 0 Å². The summed E-state index contributed by atoms with van der Waals surface area (Å²) in [6.07, 6.45) is 3.15. The van der Waals surface area contributed by atoms with Crippen molar-refractivity contribution < 1.29 is 14.3 Å². The molecule has 3 rings (SSSR count). The Morgan fingerprint density at radius 1 is 1.08 bits per heavy atom. The first kappa shape index (κ1) is 16.4. The van der Waals surface area contributed by atoms with Crippen LogP contribution in [0.15, 0.2) is 48.5 Å². The summed E-state index contributed by atoms with van der Waals surface area (Å²) >= 11 is 0. The van der Waals surface area contributed by atoms with E-state index in [-0.39, 0.29) is 18.6 Å². The summed E-state index contributed by atoms with van der Waals surface area (Å²) in [5.74, 6) is 1.15. The summed E-state index contributed by atoms with van der Waals surface area (Å²) in [7, 11) is 0. The van der Waals surface area contributed by atoms with E-state index in [0.29, 0.717) is 18.1 Å². The minimum atomic E-state index is -0.108. The molecule has 1 atom stereocenters. The maximum absolute atomic E-state index is 12.3. The first-order chi connectivity index (χ1) is 11.8. The molecule has 0 aromatic heterocycles. The van der Waals surface area contributed by atoms with Crippen LogP contribution >= 0.6 is 0 Å². The molecular weight excluding hydrogens is 302 g/mol. The molecule has 1 aliphatic carbocycles. The molecule has 1 aliphatic rings. The molecule has 0 aliphatic heterocycles. The third-order valence-corrected chi connectivity index (χ3v) is 4.21. The Kier molecular flexibility index (Phi) is 5.36. The Morgan fingerprint density at radius 3 is 2.58 bits per heavy atom. The second-order valence-electron chi connectivity index (χ2n) is 5.88. The number of hydrogen-bond donors (Lipinski definition) is 1. The molecule has 4 heteroatoms. The van der Waals surface area contributed by atoms with Gasteiger partial charge < -0.3 is 14.8 Å². The Hall–Kier alpha value is -2.49. The summed E-state index contributed by atoms with van der Waals surface area (Å²) < 4.78 is 11.2. The highest BCUT2D eigenvalue weighted by atomic mass is 16.5. The van der Waals surface area contributed by atoms with Crippen LogP contribution in [-0.2, 0) is 11.2 Å². The van der Waals surface area contributed by atoms with Gasteiger partial charge in [-0.05, 0) is 49.4 Å². The third kappa shape index (κ3) is 3.88. The molecule has 0 bridgehead atoms. The van der Waals surface area contributed by atoms with Crippen LogP contribution < -0.4 is 14.8 Å². The number of rotatable bonds is 6. The number of carbonyl (C=O) groups is 1. The van der Waals surface area contributed by atoms with Crippen LogP contribution in [0.4, 0.5) is 0 Å². The van der Waals surface area contributed by atoms with Gasteiger partial charge in [0.2, 0.25) is 0 Å². The van der Waals surface area contributed by atoms with Crippen molar-refractivity contribution in [1.29, 1.82) is 0 Å². The molecule has 126 valence electrons. The summed E-state index contributed by atoms with van der Waals surface area (Å²) in [6, 6.07) is 15.8. The lowest BCUT2D eigenvalue weighted by Crippen LogP contribution is -2.34. The van der Waals surface area contributed by atoms with Crippen molar-refractivity contribution in [2.45, 2.75) is 32.2 Å². The average molecular weight is 325 g/mol. The smallest absolute Gasteiger partial charge is 0.258 e. The van der Waals surface area contributed by atoms with Gasteiger partial charge in [-0.1, -0.05) is 36.4 Å². The minimum Gasteiger partial charge on any atom is -0.490 e. The molecule has 1 amide bonds. The maximum Gasteiger partial charge on any atom is 0.258 e. The first-order valence-corrected chi connectivity index (χ1v) is 8.49. The summed E-state index contributed by atoms with van der Waals surface area (Å²) in [4.78, 5) is 12.3. The van der Waals surface area contributed by atoms with Crippen molar-refractivity contribution in [3.8, 4) is 11.5 Å². The predicted octanol–water partition coefficient (Wildman–Crippen LogP) is 3.66. The van der Waals surface area contributed by atoms with Crippen molar-refractivity contribution in [1.82, 2.24) is 5.32 Å². The fourth-order valence-corrected chi connectivity index (χ4v) is 3.13. The van der Waals surface area contributed by atoms with Gasteiger partial charge in [0.25, 0.3) is 5.91 Å². The monoisotopic (exact) mass is 325 g/mol. The molecule has 0 saturated carbocycles. The van der Waals surface area contributed by atoms with Gasteiger partial charge in [0, 0.05) is 0 Å². The number of carbonyl (C=O) groups excluding carboxylic acids is 1. The zero-order valence-corrected chi connectivity index (χ0v) is 14.0. The van der Waals surface area contributed by atoms with Crippen LogP contribution in [0.3, 0.4) is 0 Å². The molecule has 0 radical (unpaired) electrons. The number of aryl methyl sites for hydroxylation is 1. The van der Waals surface area contributed by atoms with E-state index in [1.54, 1.807) is 0 Å². The number of hydrogen-bond acceptors (Lipinski definition) is 3. The lowest BCUT2D eigenvalue weighted by molar-refractivity contribution is -0.124. The van der Waals surface area contributed by atoms with Gasteiger partial charge in [-0.25, -0.2) is 0 Å². The largest absolute Gasteiger partial charge is 0.490 e. The average Bonchev–Trinajstić information content (AvgIpc) is 2.62. The summed E-state index contributed by atoms with van der Waals surface area (Å²) in [5, 5.41) is 3.09. The van der Waals surface area contributed by atoms with Crippen molar-refractivity contribution in [2.75, 3.05) is 13.2 Å². The zero-order valence-electron chi connectivity index (χ0n) is 14.0. The Labute approximate surface area is 142 Å². The van der Waals surface area contributed by atoms with Crippen LogP contribution in [0, 0.1) is 0 Å². The quantitative estimate of drug-likeness (QED) is 0.882. The Balaban J connectivity index is 1.59. The van der Waals surface area contributed by atoms with Crippen molar-refractivity contribution in [3.63, 3.8) is 0 Å². The van der Waals surface area contributed by atoms with Crippen LogP contribution in [0.2, 0.25) is 0 Å². The summed E-state index contributed by atoms with van der Waals surface area (Å²) in [5.41, 5.74) is 2.56. The van der Waals surface area contributed by atoms with Gasteiger partial charge in [-0.15, -0.1) is 0 Å². The standard InChI is InChI=1S/C20H23NO3/c1-2-23-18-12-5-6-13-19(18)24-14-20(22)21-17-11-7-9-15-8-3-4-10-16(15)17/h3-6,8,10,12-13,17H,2,7,9,11,14H2,1H3,(H,21,22)/t17-/m0/s1. The van der Waals surface area contributed by atoms with Gasteiger partial charge in [-0.3, -0.25) is 4.79 Å². The lowest BCUT2D eigenvalue weighted by Gasteiger charge is -2.26. The highest BCUT2D eigenvalue weighted by Crippen LogP contribution is 2.29. The maximum atomic E-state index is 12.3. The van der Waals surface area contributed by atoms with E-state index in [9.17, 15) is 4.79 Å². The molecule has 0 unspecified atom stereocenters. The molecule has 24 heavy (non-hydrogen) atoms. The van der Waals surface area contributed by atoms with Crippen LogP contribution in [-0.4, -0.2) is 19.1 Å². The topological polar surface area (TPSA) is 47.6 Å². The normalized spacial score (nSPS) is 16.1. The van der Waals surface area contributed by atoms with E-state index in [1.807, 2.05) is 37.3 Å². The Bertz CT molecular complexity index is 699. The van der Waals surface area contributed by atoms with E-state index in [1.165, 1.54) is 11.1 Å². The van der Waals surface area contributed by atoms with E-state index in [4.69, 9.17) is 9.47 Å². The zero-order chi connectivity index (χ0) is 16.8. The molecule has 1 N–H and O–H groups in total. The number of para-hydroxylation sites is 2. The molecule has 2 aromatic carbocycles. The van der Waals surface area contributed by atoms with E-state index in [2.05, 4.69) is 23.5 Å². The van der Waals surface area contributed by atoms with Gasteiger partial charge in [-0.2, -0.15) is 0 Å². The fourth-order valence-electron chi connectivity index (χ4n) is 3.13. The van der Waals surface area contributed by atoms with Gasteiger partial charge in [0.05, 0.1) is 12.6 Å². The number of ether oxygens (including phenoxy) is 2. The predicted molar refractivity (Wildman–Crippen MR) is 93.4 cm³/mol. The Morgan fingerprint density at radius 2 is 1.79 bits per heavy atom. The molecule has 0 spiro atoms. The third-order valence-electron chi connectivity index (χ3n) is 4.21. The van der Waals surface area contributed by atoms with Crippen molar-refractivity contribution in [2.24, 2.45) is 0 Å². The highest BCUT2D eigenvalue weighted by molar-refractivity contribution is 5.78. The van der Waals surface area contributed by atoms with Gasteiger partial charge in [0.15, 0.2) is 18.1 Å². The van der Waals surface area contributed by atoms with Crippen molar-refractivity contribution >= 4 is 5.91 Å². The number of fused-ring (bicyclic) bond motifs is 1. The molecular formula is C20H23NO3.